The minimum Gasteiger partial charge on any atom is -0.443 e. The maximum atomic E-state index is 5.76. The van der Waals surface area contributed by atoms with Crippen LogP contribution in [0.3, 0.4) is 0 Å². The third-order valence-corrected chi connectivity index (χ3v) is 3.76. The molecule has 0 bridgehead atoms. The molecule has 0 atom stereocenters. The van der Waals surface area contributed by atoms with E-state index in [0.29, 0.717) is 22.7 Å². The number of anilines is 1. The van der Waals surface area contributed by atoms with Gasteiger partial charge in [0.15, 0.2) is 12.2 Å². The molecule has 3 aromatic heterocycles. The topological polar surface area (TPSA) is 103 Å². The lowest BCUT2D eigenvalue weighted by Gasteiger charge is -2.23. The second-order valence-electron chi connectivity index (χ2n) is 5.64. The van der Waals surface area contributed by atoms with Gasteiger partial charge in [0.2, 0.25) is 5.95 Å². The van der Waals surface area contributed by atoms with Gasteiger partial charge < -0.3 is 15.5 Å². The van der Waals surface area contributed by atoms with Gasteiger partial charge >= 0.3 is 0 Å². The molecule has 23 heavy (non-hydrogen) atoms. The Morgan fingerprint density at radius 1 is 1.17 bits per heavy atom. The largest absolute Gasteiger partial charge is 0.443 e. The highest BCUT2D eigenvalue weighted by Gasteiger charge is 2.21. The van der Waals surface area contributed by atoms with E-state index in [4.69, 9.17) is 15.1 Å². The summed E-state index contributed by atoms with van der Waals surface area (Å²) in [4.78, 5) is 17.1. The second kappa shape index (κ2) is 5.77. The molecule has 3 aromatic rings. The summed E-state index contributed by atoms with van der Waals surface area (Å²) in [6.07, 6.45) is 4.60. The number of pyridine rings is 1. The van der Waals surface area contributed by atoms with Gasteiger partial charge in [-0.05, 0) is 33.0 Å². The van der Waals surface area contributed by atoms with E-state index in [-0.39, 0.29) is 11.5 Å². The number of hydrogen-bond acceptors (Lipinski definition) is 7. The van der Waals surface area contributed by atoms with Crippen molar-refractivity contribution in [2.45, 2.75) is 19.4 Å². The van der Waals surface area contributed by atoms with Crippen LogP contribution in [-0.2, 0) is 5.54 Å². The van der Waals surface area contributed by atoms with Crippen molar-refractivity contribution in [1.82, 2.24) is 25.3 Å². The van der Waals surface area contributed by atoms with Gasteiger partial charge in [0.25, 0.3) is 0 Å². The number of nitrogen functional groups attached to an aromatic ring is 1. The van der Waals surface area contributed by atoms with Crippen LogP contribution in [0.1, 0.15) is 19.5 Å². The molecule has 0 unspecified atom stereocenters. The molecule has 0 aromatic carbocycles. The van der Waals surface area contributed by atoms with E-state index in [0.717, 1.165) is 5.69 Å². The molecule has 7 nitrogen and oxygen atoms in total. The first kappa shape index (κ1) is 15.1. The highest BCUT2D eigenvalue weighted by Crippen LogP contribution is 2.30. The van der Waals surface area contributed by atoms with Crippen molar-refractivity contribution in [3.8, 4) is 22.7 Å². The van der Waals surface area contributed by atoms with Crippen molar-refractivity contribution >= 4 is 5.95 Å². The molecule has 0 saturated heterocycles. The van der Waals surface area contributed by atoms with E-state index in [2.05, 4.69) is 34.1 Å². The van der Waals surface area contributed by atoms with Crippen LogP contribution in [0.2, 0.25) is 0 Å². The molecule has 0 radical (unpaired) electrons. The molecule has 0 aliphatic carbocycles. The van der Waals surface area contributed by atoms with Crippen LogP contribution in [0.15, 0.2) is 41.4 Å². The Hall–Kier alpha value is -2.80. The number of rotatable bonds is 4. The quantitative estimate of drug-likeness (QED) is 0.761. The van der Waals surface area contributed by atoms with Gasteiger partial charge in [-0.3, -0.25) is 0 Å². The van der Waals surface area contributed by atoms with Crippen LogP contribution in [0.25, 0.3) is 22.7 Å². The lowest BCUT2D eigenvalue weighted by atomic mass is 9.99. The number of aromatic nitrogens is 4. The summed E-state index contributed by atoms with van der Waals surface area (Å²) in [5.74, 6) is 0.753. The lowest BCUT2D eigenvalue weighted by Crippen LogP contribution is -2.34. The van der Waals surface area contributed by atoms with Crippen LogP contribution in [0.5, 0.6) is 0 Å². The second-order valence-corrected chi connectivity index (χ2v) is 5.64. The Balaban J connectivity index is 2.16. The molecule has 0 amide bonds. The predicted molar refractivity (Wildman–Crippen MR) is 87.3 cm³/mol. The van der Waals surface area contributed by atoms with Gasteiger partial charge in [0.1, 0.15) is 5.69 Å². The number of nitrogens with zero attached hydrogens (tertiary/aromatic N) is 4. The van der Waals surface area contributed by atoms with Gasteiger partial charge in [-0.2, -0.15) is 0 Å². The predicted octanol–water partition coefficient (Wildman–Crippen LogP) is 2.23. The average Bonchev–Trinajstić information content (AvgIpc) is 3.09. The van der Waals surface area contributed by atoms with Crippen molar-refractivity contribution in [3.05, 3.63) is 42.7 Å². The molecule has 3 rings (SSSR count). The summed E-state index contributed by atoms with van der Waals surface area (Å²) in [5, 5.41) is 3.24. The number of hydrogen-bond donors (Lipinski definition) is 2. The Labute approximate surface area is 134 Å². The van der Waals surface area contributed by atoms with Crippen LogP contribution in [-0.4, -0.2) is 27.0 Å². The minimum absolute atomic E-state index is 0.184. The maximum absolute atomic E-state index is 5.76. The SMILES string of the molecule is CNC(C)(C)c1cccc(-c2nc(N)ncc2-c2cnco2)n1. The first-order valence-electron chi connectivity index (χ1n) is 7.19. The molecule has 0 aliphatic rings. The summed E-state index contributed by atoms with van der Waals surface area (Å²) in [6, 6.07) is 5.80. The molecule has 3 N–H and O–H groups in total. The van der Waals surface area contributed by atoms with Gasteiger partial charge in [0, 0.05) is 6.20 Å². The van der Waals surface area contributed by atoms with Crippen molar-refractivity contribution < 1.29 is 4.42 Å². The molecule has 7 heteroatoms. The molecule has 0 fully saturated rings. The van der Waals surface area contributed by atoms with Crippen LogP contribution in [0, 0.1) is 0 Å². The number of oxazole rings is 1. The smallest absolute Gasteiger partial charge is 0.220 e. The monoisotopic (exact) mass is 310 g/mol. The van der Waals surface area contributed by atoms with E-state index >= 15 is 0 Å². The minimum atomic E-state index is -0.263. The molecular formula is C16H18N6O. The van der Waals surface area contributed by atoms with Crippen molar-refractivity contribution in [1.29, 1.82) is 0 Å². The Bertz CT molecular complexity index is 813. The van der Waals surface area contributed by atoms with Crippen molar-refractivity contribution in [2.24, 2.45) is 0 Å². The normalized spacial score (nSPS) is 11.6. The summed E-state index contributed by atoms with van der Waals surface area (Å²) >= 11 is 0. The number of nitrogens with one attached hydrogen (secondary N) is 1. The Kier molecular flexibility index (Phi) is 3.79. The maximum Gasteiger partial charge on any atom is 0.220 e. The summed E-state index contributed by atoms with van der Waals surface area (Å²) < 4.78 is 5.37. The zero-order valence-electron chi connectivity index (χ0n) is 13.2. The summed E-state index contributed by atoms with van der Waals surface area (Å²) in [5.41, 5.74) is 8.41. The van der Waals surface area contributed by atoms with Crippen molar-refractivity contribution in [3.63, 3.8) is 0 Å². The van der Waals surface area contributed by atoms with E-state index < -0.39 is 0 Å². The van der Waals surface area contributed by atoms with Crippen LogP contribution < -0.4 is 11.1 Å². The molecular weight excluding hydrogens is 292 g/mol. The van der Waals surface area contributed by atoms with E-state index in [9.17, 15) is 0 Å². The third kappa shape index (κ3) is 2.91. The van der Waals surface area contributed by atoms with Gasteiger partial charge in [-0.15, -0.1) is 0 Å². The van der Waals surface area contributed by atoms with E-state index in [1.54, 1.807) is 12.4 Å². The first-order chi connectivity index (χ1) is 11.0. The molecule has 0 aliphatic heterocycles. The van der Waals surface area contributed by atoms with Crippen LogP contribution in [0.4, 0.5) is 5.95 Å². The standard InChI is InChI=1S/C16H18N6O/c1-16(2,18-3)13-6-4-5-11(21-13)14-10(7-20-15(17)22-14)12-8-19-9-23-12/h4-9,18H,1-3H3,(H2,17,20,22). The fourth-order valence-corrected chi connectivity index (χ4v) is 2.16. The molecule has 0 spiro atoms. The van der Waals surface area contributed by atoms with E-state index in [1.165, 1.54) is 6.39 Å². The van der Waals surface area contributed by atoms with Crippen molar-refractivity contribution in [2.75, 3.05) is 12.8 Å². The Morgan fingerprint density at radius 3 is 2.70 bits per heavy atom. The third-order valence-electron chi connectivity index (χ3n) is 3.76. The summed E-state index contributed by atoms with van der Waals surface area (Å²) in [6.45, 7) is 4.12. The zero-order chi connectivity index (χ0) is 16.4. The highest BCUT2D eigenvalue weighted by molar-refractivity contribution is 5.76. The fourth-order valence-electron chi connectivity index (χ4n) is 2.16. The van der Waals surface area contributed by atoms with E-state index in [1.807, 2.05) is 25.2 Å². The zero-order valence-corrected chi connectivity index (χ0v) is 13.2. The molecule has 118 valence electrons. The molecule has 0 saturated carbocycles. The lowest BCUT2D eigenvalue weighted by molar-refractivity contribution is 0.432. The fraction of sp³-hybridized carbons (Fsp3) is 0.250. The summed E-state index contributed by atoms with van der Waals surface area (Å²) in [7, 11) is 1.90. The van der Waals surface area contributed by atoms with Gasteiger partial charge in [0.05, 0.1) is 28.7 Å². The van der Waals surface area contributed by atoms with Gasteiger partial charge in [-0.1, -0.05) is 6.07 Å². The highest BCUT2D eigenvalue weighted by atomic mass is 16.3. The number of nitrogens with two attached hydrogens (primary N) is 1. The molecule has 3 heterocycles. The Morgan fingerprint density at radius 2 is 2.00 bits per heavy atom. The van der Waals surface area contributed by atoms with Crippen LogP contribution >= 0.6 is 0 Å². The average molecular weight is 310 g/mol. The van der Waals surface area contributed by atoms with Gasteiger partial charge in [-0.25, -0.2) is 19.9 Å². The first-order valence-corrected chi connectivity index (χ1v) is 7.19.